The van der Waals surface area contributed by atoms with Crippen LogP contribution in [-0.4, -0.2) is 35.6 Å². The molecule has 0 aliphatic carbocycles. The second-order valence-corrected chi connectivity index (χ2v) is 4.45. The summed E-state index contributed by atoms with van der Waals surface area (Å²) in [6, 6.07) is 8.01. The molecular formula is C13H17ClN4O. The summed E-state index contributed by atoms with van der Waals surface area (Å²) in [7, 11) is 1.85. The average molecular weight is 281 g/mol. The van der Waals surface area contributed by atoms with Gasteiger partial charge in [0.2, 0.25) is 11.9 Å². The molecule has 0 saturated carbocycles. The number of hydrogen-bond donors (Lipinski definition) is 1. The van der Waals surface area contributed by atoms with E-state index in [9.17, 15) is 4.79 Å². The molecule has 1 aliphatic rings. The number of imidazole rings is 1. The largest absolute Gasteiger partial charge is 0.319 e. The monoisotopic (exact) mass is 280 g/mol. The number of aromatic nitrogens is 2. The maximum atomic E-state index is 12.1. The number of hydrogen-bond acceptors (Lipinski definition) is 3. The third kappa shape index (κ3) is 2.31. The number of carbonyl (C=O) groups is 1. The minimum Gasteiger partial charge on any atom is -0.319 e. The fourth-order valence-electron chi connectivity index (χ4n) is 2.39. The summed E-state index contributed by atoms with van der Waals surface area (Å²) >= 11 is 0. The molecule has 6 heteroatoms. The molecule has 2 aromatic rings. The number of benzene rings is 1. The van der Waals surface area contributed by atoms with E-state index in [1.54, 1.807) is 4.90 Å². The Labute approximate surface area is 118 Å². The third-order valence-electron chi connectivity index (χ3n) is 3.31. The van der Waals surface area contributed by atoms with Crippen LogP contribution in [0.25, 0.3) is 11.0 Å². The van der Waals surface area contributed by atoms with E-state index in [4.69, 9.17) is 0 Å². The number of nitrogens with zero attached hydrogens (tertiary/aromatic N) is 3. The number of nitrogens with one attached hydrogen (secondary N) is 1. The van der Waals surface area contributed by atoms with Crippen LogP contribution in [0.1, 0.15) is 6.42 Å². The Balaban J connectivity index is 0.00000133. The van der Waals surface area contributed by atoms with Crippen molar-refractivity contribution < 1.29 is 4.79 Å². The van der Waals surface area contributed by atoms with Gasteiger partial charge >= 0.3 is 0 Å². The molecule has 1 aromatic heterocycles. The summed E-state index contributed by atoms with van der Waals surface area (Å²) in [5.41, 5.74) is 2.06. The van der Waals surface area contributed by atoms with Crippen LogP contribution in [0.15, 0.2) is 24.3 Å². The van der Waals surface area contributed by atoms with Crippen molar-refractivity contribution in [2.24, 2.45) is 0 Å². The molecule has 3 rings (SSSR count). The van der Waals surface area contributed by atoms with E-state index in [0.29, 0.717) is 13.0 Å². The maximum Gasteiger partial charge on any atom is 0.230 e. The lowest BCUT2D eigenvalue weighted by molar-refractivity contribution is -0.118. The third-order valence-corrected chi connectivity index (χ3v) is 3.31. The van der Waals surface area contributed by atoms with Gasteiger partial charge in [-0.25, -0.2) is 4.98 Å². The summed E-state index contributed by atoms with van der Waals surface area (Å²) in [6.45, 7) is 2.27. The summed E-state index contributed by atoms with van der Waals surface area (Å²) < 4.78 is 2.12. The molecule has 19 heavy (non-hydrogen) atoms. The van der Waals surface area contributed by atoms with E-state index >= 15 is 0 Å². The van der Waals surface area contributed by atoms with Gasteiger partial charge in [0.1, 0.15) is 0 Å². The van der Waals surface area contributed by atoms with Gasteiger partial charge in [-0.3, -0.25) is 9.69 Å². The van der Waals surface area contributed by atoms with Crippen molar-refractivity contribution in [1.82, 2.24) is 14.9 Å². The van der Waals surface area contributed by atoms with Crippen LogP contribution in [0.5, 0.6) is 0 Å². The summed E-state index contributed by atoms with van der Waals surface area (Å²) in [4.78, 5) is 18.4. The quantitative estimate of drug-likeness (QED) is 0.925. The van der Waals surface area contributed by atoms with Gasteiger partial charge in [-0.2, -0.15) is 0 Å². The number of rotatable bonds is 3. The molecule has 1 aromatic carbocycles. The molecular weight excluding hydrogens is 264 g/mol. The lowest BCUT2D eigenvalue weighted by Crippen LogP contribution is -2.31. The van der Waals surface area contributed by atoms with E-state index in [0.717, 1.165) is 30.1 Å². The van der Waals surface area contributed by atoms with Crippen molar-refractivity contribution in [3.05, 3.63) is 24.3 Å². The molecule has 1 amide bonds. The predicted molar refractivity (Wildman–Crippen MR) is 77.9 cm³/mol. The zero-order valence-electron chi connectivity index (χ0n) is 10.8. The minimum absolute atomic E-state index is 0. The van der Waals surface area contributed by atoms with Crippen LogP contribution in [-0.2, 0) is 11.3 Å². The Bertz CT molecular complexity index is 595. The number of amides is 1. The molecule has 2 heterocycles. The predicted octanol–water partition coefficient (Wildman–Crippen LogP) is 1.41. The second kappa shape index (κ2) is 5.59. The van der Waals surface area contributed by atoms with Crippen molar-refractivity contribution in [2.45, 2.75) is 13.0 Å². The van der Waals surface area contributed by atoms with Gasteiger partial charge in [0.05, 0.1) is 11.0 Å². The summed E-state index contributed by atoms with van der Waals surface area (Å²) in [5, 5.41) is 3.00. The molecule has 5 nitrogen and oxygen atoms in total. The molecule has 1 N–H and O–H groups in total. The number of fused-ring (bicyclic) bond motifs is 3. The van der Waals surface area contributed by atoms with Crippen molar-refractivity contribution >= 4 is 35.3 Å². The summed E-state index contributed by atoms with van der Waals surface area (Å²) in [6.07, 6.45) is 0.514. The number of halogens is 1. The zero-order chi connectivity index (χ0) is 12.5. The Morgan fingerprint density at radius 2 is 2.16 bits per heavy atom. The first kappa shape index (κ1) is 13.8. The second-order valence-electron chi connectivity index (χ2n) is 4.45. The van der Waals surface area contributed by atoms with Crippen LogP contribution in [0, 0.1) is 0 Å². The van der Waals surface area contributed by atoms with E-state index in [1.807, 2.05) is 31.3 Å². The molecule has 0 bridgehead atoms. The van der Waals surface area contributed by atoms with Crippen LogP contribution < -0.4 is 10.2 Å². The first-order valence-electron chi connectivity index (χ1n) is 6.21. The zero-order valence-corrected chi connectivity index (χ0v) is 11.6. The van der Waals surface area contributed by atoms with E-state index in [1.165, 1.54) is 0 Å². The lowest BCUT2D eigenvalue weighted by atomic mass is 10.3. The van der Waals surface area contributed by atoms with Crippen LogP contribution in [0.4, 0.5) is 5.95 Å². The van der Waals surface area contributed by atoms with Crippen molar-refractivity contribution in [3.63, 3.8) is 0 Å². The lowest BCUT2D eigenvalue weighted by Gasteiger charge is -2.13. The van der Waals surface area contributed by atoms with E-state index in [-0.39, 0.29) is 18.3 Å². The van der Waals surface area contributed by atoms with Gasteiger partial charge in [0.25, 0.3) is 0 Å². The fourth-order valence-corrected chi connectivity index (χ4v) is 2.39. The highest BCUT2D eigenvalue weighted by Crippen LogP contribution is 2.27. The number of carbonyl (C=O) groups excluding carboxylic acids is 1. The molecule has 0 saturated heterocycles. The molecule has 1 aliphatic heterocycles. The first-order chi connectivity index (χ1) is 8.81. The highest BCUT2D eigenvalue weighted by molar-refractivity contribution is 5.94. The van der Waals surface area contributed by atoms with Crippen molar-refractivity contribution in [1.29, 1.82) is 0 Å². The molecule has 102 valence electrons. The van der Waals surface area contributed by atoms with Gasteiger partial charge in [-0.1, -0.05) is 12.1 Å². The van der Waals surface area contributed by atoms with Gasteiger partial charge in [-0.15, -0.1) is 12.4 Å². The standard InChI is InChI=1S/C13H16N4O.ClH/c1-14-7-6-12(18)17-9-8-16-11-5-3-2-4-10(11)15-13(16)17;/h2-5,14H,6-9H2,1H3;1H. The molecule has 0 radical (unpaired) electrons. The molecule has 0 unspecified atom stereocenters. The van der Waals surface area contributed by atoms with Crippen molar-refractivity contribution in [2.75, 3.05) is 25.0 Å². The van der Waals surface area contributed by atoms with Gasteiger partial charge < -0.3 is 9.88 Å². The Morgan fingerprint density at radius 1 is 1.37 bits per heavy atom. The van der Waals surface area contributed by atoms with Crippen LogP contribution in [0.3, 0.4) is 0 Å². The smallest absolute Gasteiger partial charge is 0.230 e. The Morgan fingerprint density at radius 3 is 2.95 bits per heavy atom. The Kier molecular flexibility index (Phi) is 4.07. The highest BCUT2D eigenvalue weighted by atomic mass is 35.5. The SMILES string of the molecule is CNCCC(=O)N1CCn2c1nc1ccccc12.Cl. The van der Waals surface area contributed by atoms with Gasteiger partial charge in [0.15, 0.2) is 0 Å². The average Bonchev–Trinajstić information content (AvgIpc) is 2.94. The minimum atomic E-state index is 0. The maximum absolute atomic E-state index is 12.1. The Hall–Kier alpha value is -1.59. The van der Waals surface area contributed by atoms with Crippen molar-refractivity contribution in [3.8, 4) is 0 Å². The summed E-state index contributed by atoms with van der Waals surface area (Å²) in [5.74, 6) is 0.927. The number of para-hydroxylation sites is 2. The normalized spacial score (nSPS) is 13.4. The topological polar surface area (TPSA) is 50.2 Å². The van der Waals surface area contributed by atoms with E-state index in [2.05, 4.69) is 14.9 Å². The van der Waals surface area contributed by atoms with E-state index < -0.39 is 0 Å². The van der Waals surface area contributed by atoms with Gasteiger partial charge in [-0.05, 0) is 19.2 Å². The highest BCUT2D eigenvalue weighted by Gasteiger charge is 2.27. The molecule has 0 atom stereocenters. The van der Waals surface area contributed by atoms with Gasteiger partial charge in [0, 0.05) is 26.1 Å². The number of anilines is 1. The first-order valence-corrected chi connectivity index (χ1v) is 6.21. The molecule has 0 spiro atoms. The van der Waals surface area contributed by atoms with Crippen LogP contribution in [0.2, 0.25) is 0 Å². The fraction of sp³-hybridized carbons (Fsp3) is 0.385. The van der Waals surface area contributed by atoms with Crippen LogP contribution >= 0.6 is 12.4 Å². The molecule has 0 fully saturated rings.